The summed E-state index contributed by atoms with van der Waals surface area (Å²) in [6, 6.07) is 17.4. The lowest BCUT2D eigenvalue weighted by Gasteiger charge is -2.45. The van der Waals surface area contributed by atoms with Crippen LogP contribution in [0.3, 0.4) is 0 Å². The zero-order valence-corrected chi connectivity index (χ0v) is 13.2. The van der Waals surface area contributed by atoms with E-state index >= 15 is 0 Å². The lowest BCUT2D eigenvalue weighted by molar-refractivity contribution is -0.146. The number of anilines is 1. The smallest absolute Gasteiger partial charge is 0.260 e. The minimum Gasteiger partial charge on any atom is -0.497 e. The zero-order chi connectivity index (χ0) is 16.3. The van der Waals surface area contributed by atoms with Crippen molar-refractivity contribution in [2.45, 2.75) is 24.9 Å². The highest BCUT2D eigenvalue weighted by Crippen LogP contribution is 2.33. The van der Waals surface area contributed by atoms with Crippen LogP contribution in [0.15, 0.2) is 54.6 Å². The molecule has 1 amide bonds. The van der Waals surface area contributed by atoms with Crippen LogP contribution in [0.5, 0.6) is 5.75 Å². The van der Waals surface area contributed by atoms with Gasteiger partial charge in [-0.3, -0.25) is 4.79 Å². The number of β-amino-alcohol motifs (C(OH)–C–C–N with tert-alkyl or cyclic N) is 1. The molecule has 1 N–H and O–H groups in total. The molecule has 120 valence electrons. The number of carbonyl (C=O) groups is 1. The summed E-state index contributed by atoms with van der Waals surface area (Å²) in [5.41, 5.74) is 0.813. The van der Waals surface area contributed by atoms with Crippen molar-refractivity contribution in [1.29, 1.82) is 0 Å². The lowest BCUT2D eigenvalue weighted by Crippen LogP contribution is -2.67. The minimum absolute atomic E-state index is 0.212. The Labute approximate surface area is 136 Å². The van der Waals surface area contributed by atoms with Crippen molar-refractivity contribution < 1.29 is 14.6 Å². The first-order valence-corrected chi connectivity index (χ1v) is 7.85. The van der Waals surface area contributed by atoms with E-state index in [0.717, 1.165) is 24.3 Å². The molecule has 4 heteroatoms. The van der Waals surface area contributed by atoms with E-state index in [-0.39, 0.29) is 5.91 Å². The minimum atomic E-state index is -1.21. The fraction of sp³-hybridized carbons (Fsp3) is 0.316. The summed E-state index contributed by atoms with van der Waals surface area (Å²) in [5, 5.41) is 10.5. The maximum atomic E-state index is 12.3. The highest BCUT2D eigenvalue weighted by Gasteiger charge is 2.50. The molecule has 0 unspecified atom stereocenters. The van der Waals surface area contributed by atoms with Gasteiger partial charge >= 0.3 is 0 Å². The molecule has 1 aliphatic heterocycles. The summed E-state index contributed by atoms with van der Waals surface area (Å²) in [4.78, 5) is 13.9. The van der Waals surface area contributed by atoms with Crippen molar-refractivity contribution in [3.05, 3.63) is 60.2 Å². The fourth-order valence-electron chi connectivity index (χ4n) is 2.95. The van der Waals surface area contributed by atoms with Crippen molar-refractivity contribution in [1.82, 2.24) is 0 Å². The molecule has 0 saturated carbocycles. The Kier molecular flexibility index (Phi) is 4.35. The molecule has 0 aliphatic carbocycles. The maximum Gasteiger partial charge on any atom is 0.260 e. The molecule has 0 radical (unpaired) electrons. The third-order valence-corrected chi connectivity index (χ3v) is 4.35. The molecule has 2 aromatic rings. The van der Waals surface area contributed by atoms with Crippen LogP contribution in [0.2, 0.25) is 0 Å². The topological polar surface area (TPSA) is 49.8 Å². The number of nitrogens with zero attached hydrogens (tertiary/aromatic N) is 1. The van der Waals surface area contributed by atoms with E-state index in [0.29, 0.717) is 13.0 Å². The number of carbonyl (C=O) groups excluding carboxylic acids is 1. The number of ether oxygens (including phenoxy) is 1. The lowest BCUT2D eigenvalue weighted by atomic mass is 9.86. The van der Waals surface area contributed by atoms with Crippen molar-refractivity contribution >= 4 is 11.6 Å². The van der Waals surface area contributed by atoms with Crippen molar-refractivity contribution in [3.8, 4) is 5.75 Å². The van der Waals surface area contributed by atoms with Gasteiger partial charge in [-0.1, -0.05) is 30.3 Å². The maximum absolute atomic E-state index is 12.3. The van der Waals surface area contributed by atoms with E-state index in [1.807, 2.05) is 42.5 Å². The third-order valence-electron chi connectivity index (χ3n) is 4.35. The molecule has 23 heavy (non-hydrogen) atoms. The Morgan fingerprint density at radius 2 is 1.83 bits per heavy atom. The van der Waals surface area contributed by atoms with Crippen LogP contribution in [-0.4, -0.2) is 30.3 Å². The van der Waals surface area contributed by atoms with E-state index in [2.05, 4.69) is 12.1 Å². The first-order chi connectivity index (χ1) is 11.1. The molecular weight excluding hydrogens is 290 g/mol. The number of benzene rings is 2. The Morgan fingerprint density at radius 1 is 1.13 bits per heavy atom. The predicted octanol–water partition coefficient (Wildman–Crippen LogP) is 2.80. The second-order valence-electron chi connectivity index (χ2n) is 5.96. The van der Waals surface area contributed by atoms with E-state index in [1.54, 1.807) is 12.0 Å². The molecule has 1 heterocycles. The summed E-state index contributed by atoms with van der Waals surface area (Å²) in [6.45, 7) is 0.354. The molecule has 1 fully saturated rings. The van der Waals surface area contributed by atoms with Gasteiger partial charge in [0.25, 0.3) is 5.91 Å². The molecule has 0 aromatic heterocycles. The van der Waals surface area contributed by atoms with Crippen LogP contribution < -0.4 is 9.64 Å². The molecular formula is C19H21NO3. The van der Waals surface area contributed by atoms with Gasteiger partial charge in [-0.25, -0.2) is 0 Å². The van der Waals surface area contributed by atoms with Crippen molar-refractivity contribution in [2.75, 3.05) is 18.6 Å². The number of rotatable bonds is 6. The van der Waals surface area contributed by atoms with Gasteiger partial charge in [0, 0.05) is 5.69 Å². The second-order valence-corrected chi connectivity index (χ2v) is 5.96. The molecule has 4 nitrogen and oxygen atoms in total. The van der Waals surface area contributed by atoms with Gasteiger partial charge in [-0.15, -0.1) is 0 Å². The van der Waals surface area contributed by atoms with Crippen LogP contribution in [0.4, 0.5) is 5.69 Å². The zero-order valence-electron chi connectivity index (χ0n) is 13.2. The molecule has 1 saturated heterocycles. The Morgan fingerprint density at radius 3 is 2.43 bits per heavy atom. The summed E-state index contributed by atoms with van der Waals surface area (Å²) in [7, 11) is 1.61. The Hall–Kier alpha value is -2.33. The van der Waals surface area contributed by atoms with Gasteiger partial charge in [-0.05, 0) is 49.1 Å². The van der Waals surface area contributed by atoms with Crippen molar-refractivity contribution in [3.63, 3.8) is 0 Å². The van der Waals surface area contributed by atoms with E-state index in [4.69, 9.17) is 4.74 Å². The van der Waals surface area contributed by atoms with Crippen LogP contribution in [0, 0.1) is 0 Å². The number of hydrogen-bond donors (Lipinski definition) is 1. The standard InChI is InChI=1S/C19H21NO3/c1-23-17-11-9-16(10-12-17)20-14-19(22,18(20)21)13-5-8-15-6-3-2-4-7-15/h2-4,6-7,9-12,22H,5,8,13-14H2,1H3/t19-/m0/s1. The second kappa shape index (κ2) is 6.42. The van der Waals surface area contributed by atoms with E-state index in [9.17, 15) is 9.90 Å². The van der Waals surface area contributed by atoms with Gasteiger partial charge in [0.15, 0.2) is 5.60 Å². The van der Waals surface area contributed by atoms with Gasteiger partial charge in [0.1, 0.15) is 5.75 Å². The van der Waals surface area contributed by atoms with Crippen LogP contribution >= 0.6 is 0 Å². The van der Waals surface area contributed by atoms with E-state index < -0.39 is 5.60 Å². The summed E-state index contributed by atoms with van der Waals surface area (Å²) in [6.07, 6.45) is 2.16. The average Bonchev–Trinajstić information content (AvgIpc) is 2.60. The number of aryl methyl sites for hydroxylation is 1. The number of amides is 1. The molecule has 1 aliphatic rings. The summed E-state index contributed by atoms with van der Waals surface area (Å²) < 4.78 is 5.11. The monoisotopic (exact) mass is 311 g/mol. The Balaban J connectivity index is 1.54. The number of hydrogen-bond acceptors (Lipinski definition) is 3. The first kappa shape index (κ1) is 15.6. The van der Waals surface area contributed by atoms with Gasteiger partial charge in [0.2, 0.25) is 0 Å². The van der Waals surface area contributed by atoms with Gasteiger partial charge in [0.05, 0.1) is 13.7 Å². The fourth-order valence-corrected chi connectivity index (χ4v) is 2.95. The van der Waals surface area contributed by atoms with E-state index in [1.165, 1.54) is 5.56 Å². The quantitative estimate of drug-likeness (QED) is 0.835. The number of methoxy groups -OCH3 is 1. The van der Waals surface area contributed by atoms with Gasteiger partial charge < -0.3 is 14.7 Å². The summed E-state index contributed by atoms with van der Waals surface area (Å²) in [5.74, 6) is 0.538. The molecule has 0 bridgehead atoms. The van der Waals surface area contributed by atoms with Gasteiger partial charge in [-0.2, -0.15) is 0 Å². The highest BCUT2D eigenvalue weighted by molar-refractivity contribution is 6.06. The largest absolute Gasteiger partial charge is 0.497 e. The van der Waals surface area contributed by atoms with Crippen molar-refractivity contribution in [2.24, 2.45) is 0 Å². The normalized spacial score (nSPS) is 20.3. The molecule has 3 rings (SSSR count). The average molecular weight is 311 g/mol. The first-order valence-electron chi connectivity index (χ1n) is 7.85. The third kappa shape index (κ3) is 3.22. The van der Waals surface area contributed by atoms with Crippen LogP contribution in [0.25, 0.3) is 0 Å². The number of β-lactam (4-membered cyclic amide) rings is 1. The predicted molar refractivity (Wildman–Crippen MR) is 89.7 cm³/mol. The molecule has 0 spiro atoms. The number of aliphatic hydroxyl groups is 1. The highest BCUT2D eigenvalue weighted by atomic mass is 16.5. The Bertz CT molecular complexity index is 669. The van der Waals surface area contributed by atoms with Crippen LogP contribution in [-0.2, 0) is 11.2 Å². The molecule has 1 atom stereocenters. The molecule has 2 aromatic carbocycles. The summed E-state index contributed by atoms with van der Waals surface area (Å²) >= 11 is 0. The van der Waals surface area contributed by atoms with Crippen LogP contribution in [0.1, 0.15) is 18.4 Å². The SMILES string of the molecule is COc1ccc(N2C[C@@](O)(CCCc3ccccc3)C2=O)cc1.